The molecule has 0 saturated heterocycles. The molecule has 146 valence electrons. The minimum Gasteiger partial charge on any atom is -0.269 e. The summed E-state index contributed by atoms with van der Waals surface area (Å²) in [5.41, 5.74) is 3.48. The van der Waals surface area contributed by atoms with Crippen molar-refractivity contribution in [2.24, 2.45) is 0 Å². The molecule has 0 aliphatic carbocycles. The fraction of sp³-hybridized carbons (Fsp3) is 0.0833. The van der Waals surface area contributed by atoms with Crippen LogP contribution in [0.4, 0.5) is 0 Å². The second kappa shape index (κ2) is 7.04. The molecule has 5 rings (SSSR count). The number of carbonyl (C=O) groups excluding carboxylic acids is 2. The highest BCUT2D eigenvalue weighted by molar-refractivity contribution is 6.35. The van der Waals surface area contributed by atoms with Gasteiger partial charge in [0.2, 0.25) is 0 Å². The van der Waals surface area contributed by atoms with Gasteiger partial charge in [0.05, 0.1) is 39.1 Å². The number of pyridine rings is 2. The van der Waals surface area contributed by atoms with Crippen LogP contribution in [0.15, 0.2) is 72.9 Å². The summed E-state index contributed by atoms with van der Waals surface area (Å²) in [6.45, 7) is 1.83. The van der Waals surface area contributed by atoms with E-state index >= 15 is 0 Å². The van der Waals surface area contributed by atoms with E-state index in [0.717, 1.165) is 10.9 Å². The molecule has 0 radical (unpaired) electrons. The molecule has 4 aromatic rings. The van der Waals surface area contributed by atoms with Gasteiger partial charge in [-0.1, -0.05) is 41.9 Å². The van der Waals surface area contributed by atoms with Gasteiger partial charge in [-0.05, 0) is 43.3 Å². The molecule has 2 amide bonds. The molecule has 2 aromatic heterocycles. The average Bonchev–Trinajstić information content (AvgIpc) is 3.04. The highest BCUT2D eigenvalue weighted by atomic mass is 35.5. The lowest BCUT2D eigenvalue weighted by Crippen LogP contribution is -2.33. The summed E-state index contributed by atoms with van der Waals surface area (Å²) in [4.78, 5) is 36.6. The van der Waals surface area contributed by atoms with Crippen LogP contribution in [0, 0.1) is 0 Å². The van der Waals surface area contributed by atoms with Crippen LogP contribution >= 0.6 is 11.6 Å². The standard InChI is InChI=1S/C24H16ClN3O2/c1-14(28-23(29)16-8-2-3-9-17(16)24(28)30)18-13-15-7-6-10-19(25)21(15)27-22(18)20-11-4-5-12-26-20/h2-14H,1H3/t14-/m0/s1. The first kappa shape index (κ1) is 18.5. The minimum absolute atomic E-state index is 0.304. The number of halogens is 1. The molecular weight excluding hydrogens is 398 g/mol. The van der Waals surface area contributed by atoms with Crippen molar-refractivity contribution >= 4 is 34.3 Å². The van der Waals surface area contributed by atoms with Gasteiger partial charge in [0, 0.05) is 17.1 Å². The van der Waals surface area contributed by atoms with Crippen molar-refractivity contribution in [1.29, 1.82) is 0 Å². The summed E-state index contributed by atoms with van der Waals surface area (Å²) < 4.78 is 0. The lowest BCUT2D eigenvalue weighted by molar-refractivity contribution is 0.0595. The third kappa shape index (κ3) is 2.78. The number of nitrogens with zero attached hydrogens (tertiary/aromatic N) is 3. The van der Waals surface area contributed by atoms with Crippen molar-refractivity contribution in [1.82, 2.24) is 14.9 Å². The van der Waals surface area contributed by atoms with Crippen molar-refractivity contribution in [2.45, 2.75) is 13.0 Å². The number of hydrogen-bond donors (Lipinski definition) is 0. The zero-order valence-corrected chi connectivity index (χ0v) is 16.8. The summed E-state index contributed by atoms with van der Waals surface area (Å²) in [7, 11) is 0. The zero-order valence-electron chi connectivity index (χ0n) is 16.0. The number of amides is 2. The fourth-order valence-corrected chi connectivity index (χ4v) is 4.13. The van der Waals surface area contributed by atoms with Crippen molar-refractivity contribution in [3.8, 4) is 11.4 Å². The first-order valence-electron chi connectivity index (χ1n) is 9.54. The van der Waals surface area contributed by atoms with Crippen molar-refractivity contribution in [3.63, 3.8) is 0 Å². The average molecular weight is 414 g/mol. The van der Waals surface area contributed by atoms with Crippen LogP contribution < -0.4 is 0 Å². The molecule has 30 heavy (non-hydrogen) atoms. The van der Waals surface area contributed by atoms with E-state index in [1.807, 2.05) is 43.3 Å². The van der Waals surface area contributed by atoms with E-state index in [1.54, 1.807) is 36.5 Å². The molecule has 2 aromatic carbocycles. The maximum absolute atomic E-state index is 13.0. The summed E-state index contributed by atoms with van der Waals surface area (Å²) in [6, 6.07) is 19.4. The number of rotatable bonds is 3. The van der Waals surface area contributed by atoms with Gasteiger partial charge in [-0.15, -0.1) is 0 Å². The number of benzene rings is 2. The molecule has 1 atom stereocenters. The number of hydrogen-bond acceptors (Lipinski definition) is 4. The summed E-state index contributed by atoms with van der Waals surface area (Å²) in [6.07, 6.45) is 1.68. The molecule has 6 heteroatoms. The van der Waals surface area contributed by atoms with Crippen LogP contribution in [0.5, 0.6) is 0 Å². The summed E-state index contributed by atoms with van der Waals surface area (Å²) in [5.74, 6) is -0.609. The van der Waals surface area contributed by atoms with E-state index in [-0.39, 0.29) is 11.8 Å². The Bertz CT molecular complexity index is 1290. The van der Waals surface area contributed by atoms with E-state index < -0.39 is 6.04 Å². The molecule has 3 heterocycles. The quantitative estimate of drug-likeness (QED) is 0.427. The van der Waals surface area contributed by atoms with Crippen LogP contribution in [-0.4, -0.2) is 26.7 Å². The topological polar surface area (TPSA) is 63.2 Å². The molecular formula is C24H16ClN3O2. The number of imide groups is 1. The largest absolute Gasteiger partial charge is 0.269 e. The van der Waals surface area contributed by atoms with E-state index in [2.05, 4.69) is 4.98 Å². The molecule has 0 saturated carbocycles. The third-order valence-electron chi connectivity index (χ3n) is 5.40. The Morgan fingerprint density at radius 3 is 2.27 bits per heavy atom. The van der Waals surface area contributed by atoms with Gasteiger partial charge in [-0.25, -0.2) is 4.98 Å². The number of fused-ring (bicyclic) bond motifs is 2. The summed E-state index contributed by atoms with van der Waals surface area (Å²) in [5, 5.41) is 1.37. The molecule has 0 spiro atoms. The molecule has 1 aliphatic rings. The Morgan fingerprint density at radius 1 is 0.900 bits per heavy atom. The van der Waals surface area contributed by atoms with Crippen LogP contribution in [0.3, 0.4) is 0 Å². The molecule has 0 bridgehead atoms. The maximum atomic E-state index is 13.0. The Labute approximate surface area is 178 Å². The first-order valence-corrected chi connectivity index (χ1v) is 9.91. The van der Waals surface area contributed by atoms with Crippen LogP contribution in [0.1, 0.15) is 39.2 Å². The third-order valence-corrected chi connectivity index (χ3v) is 5.70. The van der Waals surface area contributed by atoms with Gasteiger partial charge < -0.3 is 0 Å². The predicted octanol–water partition coefficient (Wildman–Crippen LogP) is 5.31. The van der Waals surface area contributed by atoms with E-state index in [1.165, 1.54) is 4.90 Å². The molecule has 0 unspecified atom stereocenters. The normalized spacial score (nSPS) is 14.3. The van der Waals surface area contributed by atoms with Crippen LogP contribution in [0.2, 0.25) is 5.02 Å². The molecule has 1 aliphatic heterocycles. The number of aromatic nitrogens is 2. The minimum atomic E-state index is -0.537. The lowest BCUT2D eigenvalue weighted by Gasteiger charge is -2.25. The Kier molecular flexibility index (Phi) is 4.33. The fourth-order valence-electron chi connectivity index (χ4n) is 3.90. The van der Waals surface area contributed by atoms with Gasteiger partial charge in [-0.3, -0.25) is 19.5 Å². The zero-order chi connectivity index (χ0) is 20.8. The SMILES string of the molecule is C[C@@H](c1cc2cccc(Cl)c2nc1-c1ccccn1)N1C(=O)c2ccccc2C1=O. The van der Waals surface area contributed by atoms with Gasteiger partial charge in [0.25, 0.3) is 11.8 Å². The van der Waals surface area contributed by atoms with Crippen molar-refractivity contribution in [3.05, 3.63) is 94.6 Å². The highest BCUT2D eigenvalue weighted by Crippen LogP contribution is 2.37. The van der Waals surface area contributed by atoms with Crippen LogP contribution in [0.25, 0.3) is 22.3 Å². The molecule has 0 N–H and O–H groups in total. The van der Waals surface area contributed by atoms with Crippen molar-refractivity contribution < 1.29 is 9.59 Å². The maximum Gasteiger partial charge on any atom is 0.262 e. The van der Waals surface area contributed by atoms with E-state index in [9.17, 15) is 9.59 Å². The monoisotopic (exact) mass is 413 g/mol. The van der Waals surface area contributed by atoms with Gasteiger partial charge >= 0.3 is 0 Å². The molecule has 0 fully saturated rings. The van der Waals surface area contributed by atoms with E-state index in [0.29, 0.717) is 33.1 Å². The number of carbonyl (C=O) groups is 2. The van der Waals surface area contributed by atoms with Crippen LogP contribution in [-0.2, 0) is 0 Å². The first-order chi connectivity index (χ1) is 14.6. The highest BCUT2D eigenvalue weighted by Gasteiger charge is 2.39. The Hall–Kier alpha value is -3.57. The number of para-hydroxylation sites is 1. The second-order valence-corrected chi connectivity index (χ2v) is 7.56. The molecule has 5 nitrogen and oxygen atoms in total. The second-order valence-electron chi connectivity index (χ2n) is 7.15. The predicted molar refractivity (Wildman–Crippen MR) is 115 cm³/mol. The van der Waals surface area contributed by atoms with Gasteiger partial charge in [0.15, 0.2) is 0 Å². The Balaban J connectivity index is 1.70. The van der Waals surface area contributed by atoms with Gasteiger partial charge in [-0.2, -0.15) is 0 Å². The Morgan fingerprint density at radius 2 is 1.60 bits per heavy atom. The van der Waals surface area contributed by atoms with Crippen molar-refractivity contribution in [2.75, 3.05) is 0 Å². The summed E-state index contributed by atoms with van der Waals surface area (Å²) >= 11 is 6.38. The smallest absolute Gasteiger partial charge is 0.262 e. The van der Waals surface area contributed by atoms with E-state index in [4.69, 9.17) is 16.6 Å². The van der Waals surface area contributed by atoms with Gasteiger partial charge in [0.1, 0.15) is 0 Å². The lowest BCUT2D eigenvalue weighted by atomic mass is 10.00.